The number of hydrogen-bond donors (Lipinski definition) is 2. The van der Waals surface area contributed by atoms with E-state index in [1.165, 1.54) is 42.2 Å². The fourth-order valence-electron chi connectivity index (χ4n) is 6.09. The minimum Gasteiger partial charge on any atom is -0.481 e. The number of oxazole rings is 1. The van der Waals surface area contributed by atoms with Crippen molar-refractivity contribution in [2.24, 2.45) is 16.3 Å². The summed E-state index contributed by atoms with van der Waals surface area (Å²) in [5.41, 5.74) is -0.245. The molecule has 44 heavy (non-hydrogen) atoms. The highest BCUT2D eigenvalue weighted by atomic mass is 19.3. The number of likely N-dealkylation sites (tertiary alicyclic amines) is 2. The lowest BCUT2D eigenvalue weighted by molar-refractivity contribution is -0.150. The predicted octanol–water partition coefficient (Wildman–Crippen LogP) is 3.23. The summed E-state index contributed by atoms with van der Waals surface area (Å²) < 4.78 is 56.4. The van der Waals surface area contributed by atoms with Crippen molar-refractivity contribution in [3.8, 4) is 0 Å². The first-order valence-electron chi connectivity index (χ1n) is 14.2. The van der Waals surface area contributed by atoms with Gasteiger partial charge in [-0.25, -0.2) is 22.9 Å². The van der Waals surface area contributed by atoms with Crippen LogP contribution in [0.15, 0.2) is 45.3 Å². The lowest BCUT2D eigenvalue weighted by Gasteiger charge is -2.32. The molecule has 1 aromatic carbocycles. The number of halogens is 3. The topological polar surface area (TPSA) is 138 Å². The molecule has 0 saturated carbocycles. The smallest absolute Gasteiger partial charge is 0.338 e. The van der Waals surface area contributed by atoms with E-state index in [4.69, 9.17) is 14.1 Å². The Morgan fingerprint density at radius 2 is 2.00 bits per heavy atom. The summed E-state index contributed by atoms with van der Waals surface area (Å²) in [7, 11) is 0. The first kappa shape index (κ1) is 31.2. The molecule has 3 aliphatic rings. The number of aliphatic carboxylic acids is 1. The summed E-state index contributed by atoms with van der Waals surface area (Å²) in [6, 6.07) is 2.35. The van der Waals surface area contributed by atoms with Crippen LogP contribution in [0.3, 0.4) is 0 Å². The van der Waals surface area contributed by atoms with Crippen LogP contribution in [-0.4, -0.2) is 88.3 Å². The number of carboxylic acids is 1. The molecular formula is C30H34F3N5O6. The Morgan fingerprint density at radius 3 is 2.64 bits per heavy atom. The average Bonchev–Trinajstić information content (AvgIpc) is 3.59. The number of benzene rings is 1. The van der Waals surface area contributed by atoms with Crippen LogP contribution in [0.4, 0.5) is 13.2 Å². The van der Waals surface area contributed by atoms with Crippen molar-refractivity contribution >= 4 is 23.7 Å². The van der Waals surface area contributed by atoms with Gasteiger partial charge < -0.3 is 24.5 Å². The van der Waals surface area contributed by atoms with Gasteiger partial charge in [0.05, 0.1) is 24.1 Å². The third-order valence-corrected chi connectivity index (χ3v) is 8.43. The molecule has 236 valence electrons. The number of fused-ring (bicyclic) bond motifs is 1. The number of carbonyl (C=O) groups excluding carboxylic acids is 2. The summed E-state index contributed by atoms with van der Waals surface area (Å²) in [4.78, 5) is 49.9. The molecule has 5 rings (SSSR count). The van der Waals surface area contributed by atoms with E-state index in [1.807, 2.05) is 0 Å². The number of aromatic nitrogens is 1. The molecule has 2 N–H and O–H groups in total. The highest BCUT2D eigenvalue weighted by Gasteiger charge is 2.63. The number of ether oxygens (including phenoxy) is 1. The van der Waals surface area contributed by atoms with Gasteiger partial charge in [-0.1, -0.05) is 12.1 Å². The van der Waals surface area contributed by atoms with E-state index in [-0.39, 0.29) is 48.9 Å². The highest BCUT2D eigenvalue weighted by molar-refractivity contribution is 6.03. The molecule has 2 aromatic rings. The molecule has 4 heterocycles. The molecule has 0 radical (unpaired) electrons. The maximum atomic E-state index is 15.5. The number of rotatable bonds is 9. The SMILES string of the molecule is CCOC(=O)C1=C(CN2CC(F)(F)[C@@H]3C(=O)N(CC(C)(C)C(=O)O)C[C@@H]32)NC(c2ncoc2C)=NC1c1cccc(F)c1C. The Hall–Kier alpha value is -4.20. The number of nitrogens with zero attached hydrogens (tertiary/aromatic N) is 4. The zero-order valence-electron chi connectivity index (χ0n) is 25.0. The molecule has 3 atom stereocenters. The monoisotopic (exact) mass is 617 g/mol. The predicted molar refractivity (Wildman–Crippen MR) is 150 cm³/mol. The third-order valence-electron chi connectivity index (χ3n) is 8.43. The second kappa shape index (κ2) is 11.4. The van der Waals surface area contributed by atoms with E-state index >= 15 is 8.78 Å². The maximum absolute atomic E-state index is 15.5. The van der Waals surface area contributed by atoms with E-state index in [9.17, 15) is 23.9 Å². The Morgan fingerprint density at radius 1 is 1.27 bits per heavy atom. The van der Waals surface area contributed by atoms with Gasteiger partial charge in [-0.2, -0.15) is 0 Å². The number of carbonyl (C=O) groups is 3. The fourth-order valence-corrected chi connectivity index (χ4v) is 6.09. The summed E-state index contributed by atoms with van der Waals surface area (Å²) in [6.07, 6.45) is 1.21. The average molecular weight is 618 g/mol. The summed E-state index contributed by atoms with van der Waals surface area (Å²) in [5.74, 6) is -7.78. The van der Waals surface area contributed by atoms with Crippen molar-refractivity contribution in [1.82, 2.24) is 20.1 Å². The van der Waals surface area contributed by atoms with E-state index in [0.29, 0.717) is 17.0 Å². The highest BCUT2D eigenvalue weighted by Crippen LogP contribution is 2.45. The van der Waals surface area contributed by atoms with E-state index in [1.54, 1.807) is 26.8 Å². The zero-order valence-corrected chi connectivity index (χ0v) is 25.0. The maximum Gasteiger partial charge on any atom is 0.338 e. The van der Waals surface area contributed by atoms with Gasteiger partial charge >= 0.3 is 11.9 Å². The standard InChI is InChI=1S/C30H34F3N5O6/c1-6-43-27(40)21-19(10-37-13-30(32,33)22-20(37)11-38(26(22)39)12-29(4,5)28(41)42)35-25(23-16(3)44-14-34-23)36-24(21)17-8-7-9-18(31)15(17)2/h7-9,14,20,22,24H,6,10-13H2,1-5H3,(H,35,36)(H,41,42)/t20-,22-,24?/m0/s1. The van der Waals surface area contributed by atoms with Crippen LogP contribution in [-0.2, 0) is 19.1 Å². The Labute approximate surface area is 251 Å². The van der Waals surface area contributed by atoms with Crippen molar-refractivity contribution in [1.29, 1.82) is 0 Å². The van der Waals surface area contributed by atoms with E-state index < -0.39 is 59.5 Å². The first-order chi connectivity index (χ1) is 20.7. The molecular weight excluding hydrogens is 583 g/mol. The number of esters is 1. The molecule has 1 aromatic heterocycles. The van der Waals surface area contributed by atoms with Crippen LogP contribution < -0.4 is 5.32 Å². The molecule has 11 nitrogen and oxygen atoms in total. The van der Waals surface area contributed by atoms with Gasteiger partial charge in [0, 0.05) is 31.4 Å². The molecule has 3 aliphatic heterocycles. The van der Waals surface area contributed by atoms with E-state index in [0.717, 1.165) is 0 Å². The Kier molecular flexibility index (Phi) is 8.08. The molecule has 1 amide bonds. The largest absolute Gasteiger partial charge is 0.481 e. The molecule has 14 heteroatoms. The second-order valence-corrected chi connectivity index (χ2v) is 11.9. The number of carboxylic acid groups (broad SMARTS) is 1. The van der Waals surface area contributed by atoms with Crippen LogP contribution in [0.2, 0.25) is 0 Å². The summed E-state index contributed by atoms with van der Waals surface area (Å²) >= 11 is 0. The first-order valence-corrected chi connectivity index (χ1v) is 14.2. The lowest BCUT2D eigenvalue weighted by Crippen LogP contribution is -2.45. The lowest BCUT2D eigenvalue weighted by atomic mass is 9.91. The van der Waals surface area contributed by atoms with E-state index in [2.05, 4.69) is 10.3 Å². The number of aryl methyl sites for hydroxylation is 1. The number of amidine groups is 1. The van der Waals surface area contributed by atoms with Gasteiger partial charge in [-0.05, 0) is 51.8 Å². The molecule has 1 unspecified atom stereocenters. The third kappa shape index (κ3) is 5.46. The van der Waals surface area contributed by atoms with Gasteiger partial charge in [0.2, 0.25) is 5.91 Å². The van der Waals surface area contributed by atoms with Gasteiger partial charge in [0.25, 0.3) is 5.92 Å². The van der Waals surface area contributed by atoms with Crippen molar-refractivity contribution < 1.29 is 41.8 Å². The van der Waals surface area contributed by atoms with Crippen LogP contribution >= 0.6 is 0 Å². The van der Waals surface area contributed by atoms with Gasteiger partial charge in [-0.15, -0.1) is 0 Å². The minimum atomic E-state index is -3.42. The molecule has 0 aliphatic carbocycles. The number of alkyl halides is 2. The Bertz CT molecular complexity index is 1570. The number of hydrogen-bond acceptors (Lipinski definition) is 9. The quantitative estimate of drug-likeness (QED) is 0.407. The Balaban J connectivity index is 1.58. The minimum absolute atomic E-state index is 0.00500. The summed E-state index contributed by atoms with van der Waals surface area (Å²) in [6.45, 7) is 6.32. The van der Waals surface area contributed by atoms with Gasteiger partial charge in [0.15, 0.2) is 12.2 Å². The van der Waals surface area contributed by atoms with Crippen molar-refractivity contribution in [3.05, 3.63) is 64.3 Å². The molecule has 2 fully saturated rings. The molecule has 0 bridgehead atoms. The van der Waals surface area contributed by atoms with Gasteiger partial charge in [0.1, 0.15) is 29.2 Å². The van der Waals surface area contributed by atoms with Crippen LogP contribution in [0.25, 0.3) is 0 Å². The number of aliphatic imine (C=N–C) groups is 1. The summed E-state index contributed by atoms with van der Waals surface area (Å²) in [5, 5.41) is 12.6. The number of amides is 1. The molecule has 2 saturated heterocycles. The zero-order chi connectivity index (χ0) is 32.1. The number of nitrogens with one attached hydrogen (secondary N) is 1. The fraction of sp³-hybridized carbons (Fsp3) is 0.500. The second-order valence-electron chi connectivity index (χ2n) is 11.9. The van der Waals surface area contributed by atoms with Crippen molar-refractivity contribution in [2.45, 2.75) is 52.6 Å². The normalized spacial score (nSPS) is 23.5. The van der Waals surface area contributed by atoms with Crippen molar-refractivity contribution in [3.63, 3.8) is 0 Å². The van der Waals surface area contributed by atoms with Crippen LogP contribution in [0.1, 0.15) is 49.4 Å². The van der Waals surface area contributed by atoms with Crippen molar-refractivity contribution in [2.75, 3.05) is 32.8 Å². The molecule has 0 spiro atoms. The van der Waals surface area contributed by atoms with Gasteiger partial charge in [-0.3, -0.25) is 19.5 Å². The van der Waals surface area contributed by atoms with Crippen LogP contribution in [0.5, 0.6) is 0 Å². The van der Waals surface area contributed by atoms with Crippen LogP contribution in [0, 0.1) is 31.0 Å².